The first kappa shape index (κ1) is 13.0. The lowest BCUT2D eigenvalue weighted by atomic mass is 10.1. The highest BCUT2D eigenvalue weighted by molar-refractivity contribution is 5.94. The Morgan fingerprint density at radius 3 is 2.72 bits per heavy atom. The van der Waals surface area contributed by atoms with Gasteiger partial charge in [-0.25, -0.2) is 4.39 Å². The van der Waals surface area contributed by atoms with Crippen LogP contribution in [0.1, 0.15) is 28.8 Å². The Morgan fingerprint density at radius 2 is 2.22 bits per heavy atom. The van der Waals surface area contributed by atoms with Crippen LogP contribution in [-0.4, -0.2) is 30.4 Å². The predicted octanol–water partition coefficient (Wildman–Crippen LogP) is 1.94. The fraction of sp³-hybridized carbons (Fsp3) is 0.500. The summed E-state index contributed by atoms with van der Waals surface area (Å²) in [6.45, 7) is 2.23. The van der Waals surface area contributed by atoms with E-state index in [2.05, 4.69) is 0 Å². The number of nitrogens with two attached hydrogens (primary N) is 1. The number of hydrogen-bond acceptors (Lipinski definition) is 2. The molecule has 2 rings (SSSR count). The third-order valence-electron chi connectivity index (χ3n) is 3.58. The maximum Gasteiger partial charge on any atom is 0.256 e. The van der Waals surface area contributed by atoms with E-state index < -0.39 is 5.82 Å². The predicted molar refractivity (Wildman–Crippen MR) is 68.8 cm³/mol. The number of hydrogen-bond donors (Lipinski definition) is 1. The standard InChI is InChI=1S/C14H19FN2O/c1-9-3-6-11(12(15)7-9)14(18)17(2)13(8-16)10-4-5-10/h3,6-7,10,13H,4-5,8,16H2,1-2H3. The van der Waals surface area contributed by atoms with E-state index in [1.165, 1.54) is 6.07 Å². The number of rotatable bonds is 4. The van der Waals surface area contributed by atoms with Crippen LogP contribution in [0.5, 0.6) is 0 Å². The van der Waals surface area contributed by atoms with Gasteiger partial charge in [0.1, 0.15) is 5.82 Å². The highest BCUT2D eigenvalue weighted by atomic mass is 19.1. The molecular formula is C14H19FN2O. The van der Waals surface area contributed by atoms with E-state index in [0.717, 1.165) is 18.4 Å². The second-order valence-corrected chi connectivity index (χ2v) is 5.04. The SMILES string of the molecule is Cc1ccc(C(=O)N(C)C(CN)C2CC2)c(F)c1. The van der Waals surface area contributed by atoms with Crippen molar-refractivity contribution < 1.29 is 9.18 Å². The fourth-order valence-electron chi connectivity index (χ4n) is 2.28. The quantitative estimate of drug-likeness (QED) is 0.887. The van der Waals surface area contributed by atoms with Gasteiger partial charge in [0.2, 0.25) is 0 Å². The number of aryl methyl sites for hydroxylation is 1. The molecule has 1 atom stereocenters. The van der Waals surface area contributed by atoms with Crippen LogP contribution in [0, 0.1) is 18.7 Å². The van der Waals surface area contributed by atoms with Crippen molar-refractivity contribution in [1.82, 2.24) is 4.90 Å². The van der Waals surface area contributed by atoms with E-state index in [9.17, 15) is 9.18 Å². The molecule has 98 valence electrons. The van der Waals surface area contributed by atoms with E-state index in [1.54, 1.807) is 31.0 Å². The Balaban J connectivity index is 2.19. The van der Waals surface area contributed by atoms with Crippen molar-refractivity contribution in [2.24, 2.45) is 11.7 Å². The molecule has 1 aromatic rings. The van der Waals surface area contributed by atoms with Crippen molar-refractivity contribution in [3.05, 3.63) is 35.1 Å². The summed E-state index contributed by atoms with van der Waals surface area (Å²) in [5.74, 6) is -0.259. The minimum Gasteiger partial charge on any atom is -0.337 e. The molecule has 1 fully saturated rings. The molecule has 0 aromatic heterocycles. The van der Waals surface area contributed by atoms with Gasteiger partial charge in [0.25, 0.3) is 5.91 Å². The van der Waals surface area contributed by atoms with Crippen LogP contribution in [0.4, 0.5) is 4.39 Å². The summed E-state index contributed by atoms with van der Waals surface area (Å²) in [5.41, 5.74) is 6.64. The molecule has 1 aliphatic rings. The van der Waals surface area contributed by atoms with Gasteiger partial charge in [-0.1, -0.05) is 6.07 Å². The molecule has 0 bridgehead atoms. The van der Waals surface area contributed by atoms with Gasteiger partial charge in [-0.3, -0.25) is 4.79 Å². The van der Waals surface area contributed by atoms with Gasteiger partial charge in [0, 0.05) is 19.6 Å². The molecule has 4 heteroatoms. The first-order chi connectivity index (χ1) is 8.54. The number of likely N-dealkylation sites (N-methyl/N-ethyl adjacent to an activating group) is 1. The molecule has 2 N–H and O–H groups in total. The maximum absolute atomic E-state index is 13.8. The minimum absolute atomic E-state index is 0.0261. The summed E-state index contributed by atoms with van der Waals surface area (Å²) in [4.78, 5) is 13.8. The third-order valence-corrected chi connectivity index (χ3v) is 3.58. The molecule has 1 amide bonds. The fourth-order valence-corrected chi connectivity index (χ4v) is 2.28. The molecule has 1 saturated carbocycles. The molecule has 3 nitrogen and oxygen atoms in total. The lowest BCUT2D eigenvalue weighted by Gasteiger charge is -2.27. The Labute approximate surface area is 107 Å². The van der Waals surface area contributed by atoms with Crippen molar-refractivity contribution >= 4 is 5.91 Å². The second kappa shape index (κ2) is 5.06. The van der Waals surface area contributed by atoms with E-state index in [1.807, 2.05) is 0 Å². The lowest BCUT2D eigenvalue weighted by Crippen LogP contribution is -2.43. The largest absolute Gasteiger partial charge is 0.337 e. The van der Waals surface area contributed by atoms with Gasteiger partial charge in [-0.2, -0.15) is 0 Å². The van der Waals surface area contributed by atoms with Crippen LogP contribution in [0.2, 0.25) is 0 Å². The van der Waals surface area contributed by atoms with Crippen molar-refractivity contribution in [2.75, 3.05) is 13.6 Å². The third kappa shape index (κ3) is 2.53. The van der Waals surface area contributed by atoms with Crippen LogP contribution in [0.25, 0.3) is 0 Å². The Kier molecular flexibility index (Phi) is 3.66. The topological polar surface area (TPSA) is 46.3 Å². The van der Waals surface area contributed by atoms with Gasteiger partial charge >= 0.3 is 0 Å². The summed E-state index contributed by atoms with van der Waals surface area (Å²) in [6.07, 6.45) is 2.21. The summed E-state index contributed by atoms with van der Waals surface area (Å²) in [6, 6.07) is 4.71. The average Bonchev–Trinajstić information content (AvgIpc) is 3.13. The number of nitrogens with zero attached hydrogens (tertiary/aromatic N) is 1. The first-order valence-electron chi connectivity index (χ1n) is 6.28. The summed E-state index contributed by atoms with van der Waals surface area (Å²) in [5, 5.41) is 0. The van der Waals surface area contributed by atoms with Crippen LogP contribution in [-0.2, 0) is 0 Å². The number of amides is 1. The van der Waals surface area contributed by atoms with Crippen molar-refractivity contribution in [3.63, 3.8) is 0 Å². The van der Waals surface area contributed by atoms with Gasteiger partial charge < -0.3 is 10.6 Å². The molecule has 0 saturated heterocycles. The van der Waals surface area contributed by atoms with E-state index in [-0.39, 0.29) is 17.5 Å². The van der Waals surface area contributed by atoms with Crippen LogP contribution in [0.3, 0.4) is 0 Å². The van der Waals surface area contributed by atoms with E-state index >= 15 is 0 Å². The van der Waals surface area contributed by atoms with Crippen LogP contribution >= 0.6 is 0 Å². The first-order valence-corrected chi connectivity index (χ1v) is 6.28. The second-order valence-electron chi connectivity index (χ2n) is 5.04. The van der Waals surface area contributed by atoms with Gasteiger partial charge in [0.15, 0.2) is 0 Å². The smallest absolute Gasteiger partial charge is 0.256 e. The molecule has 0 spiro atoms. The van der Waals surface area contributed by atoms with Crippen molar-refractivity contribution in [2.45, 2.75) is 25.8 Å². The zero-order valence-electron chi connectivity index (χ0n) is 10.8. The summed E-state index contributed by atoms with van der Waals surface area (Å²) < 4.78 is 13.8. The molecule has 0 aliphatic heterocycles. The van der Waals surface area contributed by atoms with Crippen molar-refractivity contribution in [3.8, 4) is 0 Å². The summed E-state index contributed by atoms with van der Waals surface area (Å²) >= 11 is 0. The zero-order valence-corrected chi connectivity index (χ0v) is 10.8. The van der Waals surface area contributed by atoms with Gasteiger partial charge in [-0.05, 0) is 43.4 Å². The monoisotopic (exact) mass is 250 g/mol. The molecule has 1 aromatic carbocycles. The zero-order chi connectivity index (χ0) is 13.3. The van der Waals surface area contributed by atoms with Crippen LogP contribution in [0.15, 0.2) is 18.2 Å². The highest BCUT2D eigenvalue weighted by Crippen LogP contribution is 2.35. The number of halogens is 1. The molecule has 0 radical (unpaired) electrons. The highest BCUT2D eigenvalue weighted by Gasteiger charge is 2.35. The molecular weight excluding hydrogens is 231 g/mol. The van der Waals surface area contributed by atoms with Gasteiger partial charge in [0.05, 0.1) is 5.56 Å². The van der Waals surface area contributed by atoms with E-state index in [0.29, 0.717) is 12.5 Å². The molecule has 18 heavy (non-hydrogen) atoms. The minimum atomic E-state index is -0.460. The number of carbonyl (C=O) groups excluding carboxylic acids is 1. The van der Waals surface area contributed by atoms with E-state index in [4.69, 9.17) is 5.73 Å². The normalized spacial score (nSPS) is 16.4. The maximum atomic E-state index is 13.8. The lowest BCUT2D eigenvalue weighted by molar-refractivity contribution is 0.0714. The Bertz CT molecular complexity index is 457. The van der Waals surface area contributed by atoms with Crippen molar-refractivity contribution in [1.29, 1.82) is 0 Å². The summed E-state index contributed by atoms with van der Waals surface area (Å²) in [7, 11) is 1.71. The Morgan fingerprint density at radius 1 is 1.56 bits per heavy atom. The molecule has 1 unspecified atom stereocenters. The average molecular weight is 250 g/mol. The Hall–Kier alpha value is -1.42. The molecule has 1 aliphatic carbocycles. The number of benzene rings is 1. The molecule has 0 heterocycles. The van der Waals surface area contributed by atoms with Crippen LogP contribution < -0.4 is 5.73 Å². The number of carbonyl (C=O) groups is 1. The van der Waals surface area contributed by atoms with Gasteiger partial charge in [-0.15, -0.1) is 0 Å².